The maximum absolute atomic E-state index is 12.5. The summed E-state index contributed by atoms with van der Waals surface area (Å²) in [6.45, 7) is 6.41. The second kappa shape index (κ2) is 7.23. The van der Waals surface area contributed by atoms with E-state index in [1.807, 2.05) is 26.8 Å². The van der Waals surface area contributed by atoms with E-state index in [4.69, 9.17) is 0 Å². The predicted molar refractivity (Wildman–Crippen MR) is 104 cm³/mol. The monoisotopic (exact) mass is 365 g/mol. The van der Waals surface area contributed by atoms with Crippen LogP contribution in [0.3, 0.4) is 0 Å². The zero-order chi connectivity index (χ0) is 19.6. The first kappa shape index (κ1) is 18.6. The topological polar surface area (TPSA) is 87.3 Å². The van der Waals surface area contributed by atoms with Crippen LogP contribution in [0.1, 0.15) is 52.6 Å². The first-order valence-corrected chi connectivity index (χ1v) is 8.94. The minimum absolute atomic E-state index is 0.0720. The van der Waals surface area contributed by atoms with Crippen LogP contribution in [0.4, 0.5) is 5.69 Å². The molecule has 0 bridgehead atoms. The number of amides is 3. The third-order valence-corrected chi connectivity index (χ3v) is 4.75. The van der Waals surface area contributed by atoms with Crippen LogP contribution in [0, 0.1) is 0 Å². The van der Waals surface area contributed by atoms with Crippen molar-refractivity contribution in [2.75, 3.05) is 11.9 Å². The van der Waals surface area contributed by atoms with E-state index in [2.05, 4.69) is 16.0 Å². The van der Waals surface area contributed by atoms with Gasteiger partial charge in [-0.2, -0.15) is 0 Å². The smallest absolute Gasteiger partial charge is 0.251 e. The maximum atomic E-state index is 12.5. The summed E-state index contributed by atoms with van der Waals surface area (Å²) in [5.74, 6) is -0.433. The quantitative estimate of drug-likeness (QED) is 0.761. The molecule has 3 rings (SSSR count). The number of carbonyl (C=O) groups excluding carboxylic acids is 3. The van der Waals surface area contributed by atoms with Crippen LogP contribution >= 0.6 is 0 Å². The van der Waals surface area contributed by atoms with Crippen molar-refractivity contribution in [1.82, 2.24) is 10.6 Å². The van der Waals surface area contributed by atoms with Gasteiger partial charge in [0, 0.05) is 29.9 Å². The molecular formula is C21H23N3O3. The van der Waals surface area contributed by atoms with Gasteiger partial charge in [-0.1, -0.05) is 12.1 Å². The molecule has 0 spiro atoms. The standard InChI is InChI=1S/C21H23N3O3/c1-4-22-18(25)14-7-5-6-13(10-14)12-23-19(26)15-8-9-17-16(11-15)21(2,3)20(27)24-17/h5-11H,4,12H2,1-3H3,(H,22,25)(H,23,26)(H,24,27). The summed E-state index contributed by atoms with van der Waals surface area (Å²) in [7, 11) is 0. The van der Waals surface area contributed by atoms with Crippen molar-refractivity contribution in [2.45, 2.75) is 32.7 Å². The summed E-state index contributed by atoms with van der Waals surface area (Å²) >= 11 is 0. The van der Waals surface area contributed by atoms with E-state index in [1.54, 1.807) is 36.4 Å². The molecule has 0 atom stereocenters. The van der Waals surface area contributed by atoms with Crippen molar-refractivity contribution in [3.63, 3.8) is 0 Å². The highest BCUT2D eigenvalue weighted by molar-refractivity contribution is 6.07. The van der Waals surface area contributed by atoms with Crippen LogP contribution in [0.5, 0.6) is 0 Å². The zero-order valence-electron chi connectivity index (χ0n) is 15.7. The Morgan fingerprint density at radius 2 is 1.70 bits per heavy atom. The minimum atomic E-state index is -0.660. The van der Waals surface area contributed by atoms with Gasteiger partial charge < -0.3 is 16.0 Å². The van der Waals surface area contributed by atoms with Crippen LogP contribution < -0.4 is 16.0 Å². The van der Waals surface area contributed by atoms with E-state index < -0.39 is 5.41 Å². The van der Waals surface area contributed by atoms with Crippen molar-refractivity contribution in [3.05, 3.63) is 64.7 Å². The molecule has 1 aliphatic heterocycles. The van der Waals surface area contributed by atoms with Crippen LogP contribution in [-0.2, 0) is 16.8 Å². The predicted octanol–water partition coefficient (Wildman–Crippen LogP) is 2.60. The molecule has 0 aromatic heterocycles. The van der Waals surface area contributed by atoms with Gasteiger partial charge in [0.25, 0.3) is 11.8 Å². The van der Waals surface area contributed by atoms with E-state index in [0.717, 1.165) is 16.8 Å². The van der Waals surface area contributed by atoms with Crippen molar-refractivity contribution in [1.29, 1.82) is 0 Å². The number of hydrogen-bond donors (Lipinski definition) is 3. The Labute approximate surface area is 158 Å². The first-order valence-electron chi connectivity index (χ1n) is 8.94. The molecule has 140 valence electrons. The zero-order valence-corrected chi connectivity index (χ0v) is 15.7. The molecule has 2 aromatic rings. The summed E-state index contributed by atoms with van der Waals surface area (Å²) < 4.78 is 0. The molecule has 0 aliphatic carbocycles. The van der Waals surface area contributed by atoms with Gasteiger partial charge in [-0.25, -0.2) is 0 Å². The Balaban J connectivity index is 1.71. The molecule has 0 saturated heterocycles. The maximum Gasteiger partial charge on any atom is 0.251 e. The van der Waals surface area contributed by atoms with Gasteiger partial charge in [-0.15, -0.1) is 0 Å². The summed E-state index contributed by atoms with van der Waals surface area (Å²) in [4.78, 5) is 36.5. The van der Waals surface area contributed by atoms with E-state index in [9.17, 15) is 14.4 Å². The van der Waals surface area contributed by atoms with Gasteiger partial charge in [-0.05, 0) is 62.2 Å². The fraction of sp³-hybridized carbons (Fsp3) is 0.286. The Morgan fingerprint density at radius 3 is 2.44 bits per heavy atom. The summed E-state index contributed by atoms with van der Waals surface area (Å²) in [5, 5.41) is 8.45. The summed E-state index contributed by atoms with van der Waals surface area (Å²) in [5.41, 5.74) is 2.80. The number of hydrogen-bond acceptors (Lipinski definition) is 3. The highest BCUT2D eigenvalue weighted by atomic mass is 16.2. The molecule has 3 amide bonds. The number of anilines is 1. The molecule has 3 N–H and O–H groups in total. The largest absolute Gasteiger partial charge is 0.352 e. The molecule has 0 unspecified atom stereocenters. The average molecular weight is 365 g/mol. The van der Waals surface area contributed by atoms with Gasteiger partial charge in [0.1, 0.15) is 0 Å². The van der Waals surface area contributed by atoms with E-state index in [0.29, 0.717) is 24.2 Å². The molecule has 1 heterocycles. The van der Waals surface area contributed by atoms with Crippen molar-refractivity contribution in [2.24, 2.45) is 0 Å². The van der Waals surface area contributed by atoms with Crippen LogP contribution in [0.25, 0.3) is 0 Å². The number of fused-ring (bicyclic) bond motifs is 1. The van der Waals surface area contributed by atoms with Crippen molar-refractivity contribution < 1.29 is 14.4 Å². The number of rotatable bonds is 5. The summed E-state index contributed by atoms with van der Waals surface area (Å²) in [6, 6.07) is 12.4. The molecule has 6 heteroatoms. The van der Waals surface area contributed by atoms with E-state index >= 15 is 0 Å². The SMILES string of the molecule is CCNC(=O)c1cccc(CNC(=O)c2ccc3c(c2)C(C)(C)C(=O)N3)c1. The van der Waals surface area contributed by atoms with Gasteiger partial charge in [-0.3, -0.25) is 14.4 Å². The second-order valence-electron chi connectivity index (χ2n) is 7.08. The minimum Gasteiger partial charge on any atom is -0.352 e. The Kier molecular flexibility index (Phi) is 4.99. The second-order valence-corrected chi connectivity index (χ2v) is 7.08. The van der Waals surface area contributed by atoms with Crippen molar-refractivity contribution >= 4 is 23.4 Å². The van der Waals surface area contributed by atoms with Crippen molar-refractivity contribution in [3.8, 4) is 0 Å². The molecule has 6 nitrogen and oxygen atoms in total. The highest BCUT2D eigenvalue weighted by Gasteiger charge is 2.38. The van der Waals surface area contributed by atoms with Crippen LogP contribution in [0.15, 0.2) is 42.5 Å². The van der Waals surface area contributed by atoms with Gasteiger partial charge in [0.05, 0.1) is 5.41 Å². The lowest BCUT2D eigenvalue weighted by Gasteiger charge is -2.15. The molecule has 2 aromatic carbocycles. The number of benzene rings is 2. The van der Waals surface area contributed by atoms with E-state index in [1.165, 1.54) is 0 Å². The normalized spacial score (nSPS) is 14.3. The Morgan fingerprint density at radius 1 is 1.00 bits per heavy atom. The lowest BCUT2D eigenvalue weighted by atomic mass is 9.85. The fourth-order valence-electron chi connectivity index (χ4n) is 3.08. The number of carbonyl (C=O) groups is 3. The lowest BCUT2D eigenvalue weighted by molar-refractivity contribution is -0.119. The molecule has 1 aliphatic rings. The van der Waals surface area contributed by atoms with Gasteiger partial charge in [0.2, 0.25) is 5.91 Å². The average Bonchev–Trinajstić information content (AvgIpc) is 2.88. The molecule has 27 heavy (non-hydrogen) atoms. The highest BCUT2D eigenvalue weighted by Crippen LogP contribution is 2.37. The molecule has 0 radical (unpaired) electrons. The first-order chi connectivity index (χ1) is 12.8. The third-order valence-electron chi connectivity index (χ3n) is 4.75. The van der Waals surface area contributed by atoms with Gasteiger partial charge in [0.15, 0.2) is 0 Å². The van der Waals surface area contributed by atoms with Crippen LogP contribution in [-0.4, -0.2) is 24.3 Å². The third kappa shape index (κ3) is 3.69. The van der Waals surface area contributed by atoms with Crippen LogP contribution in [0.2, 0.25) is 0 Å². The number of nitrogens with one attached hydrogen (secondary N) is 3. The van der Waals surface area contributed by atoms with E-state index in [-0.39, 0.29) is 17.7 Å². The van der Waals surface area contributed by atoms with Gasteiger partial charge >= 0.3 is 0 Å². The molecule has 0 fully saturated rings. The molecular weight excluding hydrogens is 342 g/mol. The molecule has 0 saturated carbocycles. The summed E-state index contributed by atoms with van der Waals surface area (Å²) in [6.07, 6.45) is 0. The lowest BCUT2D eigenvalue weighted by Crippen LogP contribution is -2.27. The fourth-order valence-corrected chi connectivity index (χ4v) is 3.08. The Bertz CT molecular complexity index is 919. The Hall–Kier alpha value is -3.15.